The molecule has 0 aromatic carbocycles. The smallest absolute Gasteiger partial charge is 0.306 e. The molecule has 0 aromatic heterocycles. The third kappa shape index (κ3) is 1.72. The normalized spacial score (nSPS) is 33.6. The second kappa shape index (κ2) is 2.91. The lowest BCUT2D eigenvalue weighted by molar-refractivity contribution is -0.161. The van der Waals surface area contributed by atoms with Gasteiger partial charge in [-0.1, -0.05) is 15.9 Å². The Morgan fingerprint density at radius 3 is 2.90 bits per heavy atom. The van der Waals surface area contributed by atoms with Crippen molar-refractivity contribution < 1.29 is 9.53 Å². The molecular weight excluding hydrogens is 196 g/mol. The Morgan fingerprint density at radius 2 is 2.50 bits per heavy atom. The molecule has 0 amide bonds. The molecule has 1 saturated heterocycles. The zero-order valence-electron chi connectivity index (χ0n) is 6.02. The van der Waals surface area contributed by atoms with Crippen LogP contribution < -0.4 is 0 Å². The Bertz CT molecular complexity index is 147. The van der Waals surface area contributed by atoms with E-state index in [4.69, 9.17) is 4.74 Å². The van der Waals surface area contributed by atoms with E-state index >= 15 is 0 Å². The minimum atomic E-state index is -0.241. The Kier molecular flexibility index (Phi) is 2.34. The van der Waals surface area contributed by atoms with Crippen LogP contribution in [0.3, 0.4) is 0 Å². The standard InChI is InChI=1S/C7H11BrO2/c1-7(5-8)4-2-3-6(9)10-7/h2-5H2,1H3. The highest BCUT2D eigenvalue weighted by atomic mass is 79.9. The number of esters is 1. The highest BCUT2D eigenvalue weighted by Gasteiger charge is 2.31. The van der Waals surface area contributed by atoms with E-state index in [1.807, 2.05) is 6.92 Å². The number of ether oxygens (including phenoxy) is 1. The van der Waals surface area contributed by atoms with Gasteiger partial charge in [0.05, 0.1) is 0 Å². The van der Waals surface area contributed by atoms with Gasteiger partial charge in [-0.05, 0) is 19.8 Å². The molecular formula is C7H11BrO2. The summed E-state index contributed by atoms with van der Waals surface area (Å²) in [6.07, 6.45) is 2.52. The molecule has 1 fully saturated rings. The van der Waals surface area contributed by atoms with E-state index in [0.29, 0.717) is 6.42 Å². The molecule has 0 saturated carbocycles. The first-order chi connectivity index (χ1) is 4.66. The Balaban J connectivity index is 2.53. The molecule has 0 aliphatic carbocycles. The SMILES string of the molecule is CC1(CBr)CCCC(=O)O1. The van der Waals surface area contributed by atoms with Gasteiger partial charge in [-0.25, -0.2) is 0 Å². The monoisotopic (exact) mass is 206 g/mol. The number of halogens is 1. The van der Waals surface area contributed by atoms with Crippen LogP contribution in [0, 0.1) is 0 Å². The fourth-order valence-electron chi connectivity index (χ4n) is 1.08. The second-order valence-electron chi connectivity index (χ2n) is 2.91. The van der Waals surface area contributed by atoms with Crippen LogP contribution in [0.4, 0.5) is 0 Å². The Hall–Kier alpha value is -0.0500. The average Bonchev–Trinajstić information content (AvgIpc) is 1.88. The van der Waals surface area contributed by atoms with Crippen LogP contribution >= 0.6 is 15.9 Å². The zero-order valence-corrected chi connectivity index (χ0v) is 7.61. The van der Waals surface area contributed by atoms with Crippen LogP contribution in [0.1, 0.15) is 26.2 Å². The second-order valence-corrected chi connectivity index (χ2v) is 3.47. The number of carbonyl (C=O) groups is 1. The maximum absolute atomic E-state index is 10.8. The number of hydrogen-bond donors (Lipinski definition) is 0. The molecule has 1 unspecified atom stereocenters. The van der Waals surface area contributed by atoms with E-state index in [-0.39, 0.29) is 11.6 Å². The molecule has 1 aliphatic heterocycles. The summed E-state index contributed by atoms with van der Waals surface area (Å²) < 4.78 is 5.14. The number of hydrogen-bond acceptors (Lipinski definition) is 2. The van der Waals surface area contributed by atoms with Crippen LogP contribution in [0.2, 0.25) is 0 Å². The summed E-state index contributed by atoms with van der Waals surface area (Å²) in [6.45, 7) is 1.96. The molecule has 58 valence electrons. The summed E-state index contributed by atoms with van der Waals surface area (Å²) >= 11 is 3.32. The molecule has 0 bridgehead atoms. The maximum Gasteiger partial charge on any atom is 0.306 e. The van der Waals surface area contributed by atoms with Crippen LogP contribution in [-0.2, 0) is 9.53 Å². The van der Waals surface area contributed by atoms with E-state index in [1.54, 1.807) is 0 Å². The lowest BCUT2D eigenvalue weighted by Gasteiger charge is -2.31. The molecule has 0 spiro atoms. The highest BCUT2D eigenvalue weighted by Crippen LogP contribution is 2.26. The van der Waals surface area contributed by atoms with Gasteiger partial charge in [0.25, 0.3) is 0 Å². The summed E-state index contributed by atoms with van der Waals surface area (Å²) in [5.41, 5.74) is -0.241. The fourth-order valence-corrected chi connectivity index (χ4v) is 1.47. The molecule has 1 aliphatic rings. The van der Waals surface area contributed by atoms with Gasteiger partial charge in [-0.3, -0.25) is 4.79 Å². The number of carbonyl (C=O) groups excluding carboxylic acids is 1. The highest BCUT2D eigenvalue weighted by molar-refractivity contribution is 9.09. The minimum absolute atomic E-state index is 0.0619. The third-order valence-corrected chi connectivity index (χ3v) is 2.92. The van der Waals surface area contributed by atoms with Gasteiger partial charge >= 0.3 is 5.97 Å². The number of cyclic esters (lactones) is 1. The van der Waals surface area contributed by atoms with Crippen molar-refractivity contribution in [2.24, 2.45) is 0 Å². The predicted molar refractivity (Wildman–Crippen MR) is 42.1 cm³/mol. The lowest BCUT2D eigenvalue weighted by Crippen LogP contribution is -2.37. The van der Waals surface area contributed by atoms with Crippen LogP contribution in [0.15, 0.2) is 0 Å². The molecule has 2 nitrogen and oxygen atoms in total. The fraction of sp³-hybridized carbons (Fsp3) is 0.857. The van der Waals surface area contributed by atoms with Crippen molar-refractivity contribution in [3.8, 4) is 0 Å². The summed E-state index contributed by atoms with van der Waals surface area (Å²) in [4.78, 5) is 10.8. The zero-order chi connectivity index (χ0) is 7.61. The largest absolute Gasteiger partial charge is 0.458 e. The molecule has 10 heavy (non-hydrogen) atoms. The van der Waals surface area contributed by atoms with Crippen molar-refractivity contribution in [1.82, 2.24) is 0 Å². The van der Waals surface area contributed by atoms with Gasteiger partial charge in [0, 0.05) is 11.8 Å². The summed E-state index contributed by atoms with van der Waals surface area (Å²) in [7, 11) is 0. The van der Waals surface area contributed by atoms with E-state index in [0.717, 1.165) is 18.2 Å². The lowest BCUT2D eigenvalue weighted by atomic mass is 9.98. The van der Waals surface area contributed by atoms with Gasteiger partial charge in [0.2, 0.25) is 0 Å². The summed E-state index contributed by atoms with van der Waals surface area (Å²) in [5, 5.41) is 0.742. The van der Waals surface area contributed by atoms with Crippen LogP contribution in [0.25, 0.3) is 0 Å². The van der Waals surface area contributed by atoms with Gasteiger partial charge in [0.15, 0.2) is 0 Å². The maximum atomic E-state index is 10.8. The first kappa shape index (κ1) is 8.05. The molecule has 0 radical (unpaired) electrons. The Morgan fingerprint density at radius 1 is 1.80 bits per heavy atom. The number of rotatable bonds is 1. The van der Waals surface area contributed by atoms with Crippen molar-refractivity contribution in [1.29, 1.82) is 0 Å². The van der Waals surface area contributed by atoms with E-state index in [1.165, 1.54) is 0 Å². The van der Waals surface area contributed by atoms with Crippen molar-refractivity contribution in [3.05, 3.63) is 0 Å². The van der Waals surface area contributed by atoms with Gasteiger partial charge in [0.1, 0.15) is 5.60 Å². The van der Waals surface area contributed by atoms with Gasteiger partial charge in [-0.15, -0.1) is 0 Å². The van der Waals surface area contributed by atoms with Crippen LogP contribution in [-0.4, -0.2) is 16.9 Å². The van der Waals surface area contributed by atoms with E-state index < -0.39 is 0 Å². The molecule has 1 atom stereocenters. The predicted octanol–water partition coefficient (Wildman–Crippen LogP) is 1.87. The van der Waals surface area contributed by atoms with Crippen molar-refractivity contribution >= 4 is 21.9 Å². The van der Waals surface area contributed by atoms with Gasteiger partial charge < -0.3 is 4.74 Å². The third-order valence-electron chi connectivity index (χ3n) is 1.73. The molecule has 3 heteroatoms. The molecule has 0 aromatic rings. The minimum Gasteiger partial charge on any atom is -0.458 e. The summed E-state index contributed by atoms with van der Waals surface area (Å²) in [6, 6.07) is 0. The Labute approximate surface area is 69.1 Å². The van der Waals surface area contributed by atoms with Crippen molar-refractivity contribution in [3.63, 3.8) is 0 Å². The van der Waals surface area contributed by atoms with E-state index in [9.17, 15) is 4.79 Å². The van der Waals surface area contributed by atoms with Gasteiger partial charge in [-0.2, -0.15) is 0 Å². The number of alkyl halides is 1. The molecule has 0 N–H and O–H groups in total. The molecule has 1 rings (SSSR count). The molecule has 1 heterocycles. The van der Waals surface area contributed by atoms with Crippen molar-refractivity contribution in [2.75, 3.05) is 5.33 Å². The first-order valence-corrected chi connectivity index (χ1v) is 4.56. The quantitative estimate of drug-likeness (QED) is 0.484. The first-order valence-electron chi connectivity index (χ1n) is 3.44. The van der Waals surface area contributed by atoms with Crippen LogP contribution in [0.5, 0.6) is 0 Å². The van der Waals surface area contributed by atoms with Crippen molar-refractivity contribution in [2.45, 2.75) is 31.8 Å². The van der Waals surface area contributed by atoms with E-state index in [2.05, 4.69) is 15.9 Å². The summed E-state index contributed by atoms with van der Waals surface area (Å²) in [5.74, 6) is -0.0619. The average molecular weight is 207 g/mol. The topological polar surface area (TPSA) is 26.3 Å².